The second-order valence-electron chi connectivity index (χ2n) is 4.20. The van der Waals surface area contributed by atoms with E-state index >= 15 is 0 Å². The van der Waals surface area contributed by atoms with E-state index in [-0.39, 0.29) is 5.78 Å². The van der Waals surface area contributed by atoms with Crippen LogP contribution in [0.3, 0.4) is 0 Å². The van der Waals surface area contributed by atoms with E-state index in [0.29, 0.717) is 16.3 Å². The number of hydrogen-bond acceptors (Lipinski definition) is 2. The van der Waals surface area contributed by atoms with Crippen molar-refractivity contribution in [2.75, 3.05) is 0 Å². The molecule has 2 nitrogen and oxygen atoms in total. The Balaban J connectivity index is 1.90. The third-order valence-electron chi connectivity index (χ3n) is 2.99. The minimum Gasteiger partial charge on any atom is -0.287 e. The molecule has 1 aliphatic heterocycles. The molecule has 0 N–H and O–H groups in total. The minimum atomic E-state index is -0.0713. The predicted octanol–water partition coefficient (Wildman–Crippen LogP) is 4.02. The van der Waals surface area contributed by atoms with Gasteiger partial charge in [-0.3, -0.25) is 9.79 Å². The number of hydrogen-bond donors (Lipinski definition) is 0. The van der Waals surface area contributed by atoms with Crippen molar-refractivity contribution < 1.29 is 4.79 Å². The number of rotatable bonds is 3. The number of carbonyl (C=O) groups excluding carboxylic acids is 1. The Morgan fingerprint density at radius 1 is 0.947 bits per heavy atom. The maximum Gasteiger partial charge on any atom is 0.212 e. The molecule has 0 aromatic heterocycles. The summed E-state index contributed by atoms with van der Waals surface area (Å²) in [6.07, 6.45) is 1.68. The number of halogens is 1. The molecule has 0 radical (unpaired) electrons. The summed E-state index contributed by atoms with van der Waals surface area (Å²) < 4.78 is 0. The quantitative estimate of drug-likeness (QED) is 0.773. The average molecular weight is 268 g/mol. The maximum absolute atomic E-state index is 12.3. The fraction of sp³-hybridized carbons (Fsp3) is 0. The minimum absolute atomic E-state index is 0.0713. The van der Waals surface area contributed by atoms with Gasteiger partial charge in [-0.05, 0) is 6.07 Å². The van der Waals surface area contributed by atoms with Crippen molar-refractivity contribution in [1.82, 2.24) is 0 Å². The molecule has 0 bridgehead atoms. The first-order valence-corrected chi connectivity index (χ1v) is 6.28. The van der Waals surface area contributed by atoms with Crippen LogP contribution in [-0.2, 0) is 0 Å². The molecular formula is C16H10ClNO. The number of aliphatic imine (C=N–C) groups is 1. The molecule has 19 heavy (non-hydrogen) atoms. The molecular weight excluding hydrogens is 258 g/mol. The number of ketones is 1. The first-order chi connectivity index (χ1) is 9.27. The molecule has 0 saturated carbocycles. The monoisotopic (exact) mass is 267 g/mol. The van der Waals surface area contributed by atoms with Crippen LogP contribution in [0, 0.1) is 0 Å². The Kier molecular flexibility index (Phi) is 3.02. The highest BCUT2D eigenvalue weighted by Gasteiger charge is 2.25. The highest BCUT2D eigenvalue weighted by atomic mass is 35.5. The largest absolute Gasteiger partial charge is 0.287 e. The predicted molar refractivity (Wildman–Crippen MR) is 77.6 cm³/mol. The van der Waals surface area contributed by atoms with Crippen molar-refractivity contribution in [3.63, 3.8) is 0 Å². The van der Waals surface area contributed by atoms with Crippen molar-refractivity contribution >= 4 is 28.7 Å². The molecule has 0 amide bonds. The van der Waals surface area contributed by atoms with Gasteiger partial charge in [0.15, 0.2) is 0 Å². The number of Topliss-reactive ketones (excluding diaryl/α,β-unsaturated/α-hetero) is 1. The highest BCUT2D eigenvalue weighted by molar-refractivity contribution is 6.63. The van der Waals surface area contributed by atoms with Gasteiger partial charge in [-0.2, -0.15) is 0 Å². The van der Waals surface area contributed by atoms with Gasteiger partial charge in [-0.25, -0.2) is 0 Å². The Morgan fingerprint density at radius 2 is 1.63 bits per heavy atom. The van der Waals surface area contributed by atoms with E-state index in [1.807, 2.05) is 36.4 Å². The number of allylic oxidation sites excluding steroid dienone is 1. The number of nitrogens with zero attached hydrogens (tertiary/aromatic N) is 1. The third kappa shape index (κ3) is 2.11. The van der Waals surface area contributed by atoms with Crippen molar-refractivity contribution in [3.05, 3.63) is 76.9 Å². The van der Waals surface area contributed by atoms with E-state index in [1.165, 1.54) is 0 Å². The molecule has 1 heterocycles. The first-order valence-electron chi connectivity index (χ1n) is 5.90. The summed E-state index contributed by atoms with van der Waals surface area (Å²) in [4.78, 5) is 16.4. The molecule has 3 rings (SSSR count). The van der Waals surface area contributed by atoms with Gasteiger partial charge in [0.25, 0.3) is 0 Å². The van der Waals surface area contributed by atoms with Crippen molar-refractivity contribution in [2.45, 2.75) is 0 Å². The summed E-state index contributed by atoms with van der Waals surface area (Å²) in [6, 6.07) is 16.6. The van der Waals surface area contributed by atoms with Gasteiger partial charge in [0, 0.05) is 27.9 Å². The van der Waals surface area contributed by atoms with Crippen LogP contribution in [0.5, 0.6) is 0 Å². The third-order valence-corrected chi connectivity index (χ3v) is 3.32. The van der Waals surface area contributed by atoms with E-state index in [0.717, 1.165) is 11.1 Å². The molecule has 2 aromatic rings. The topological polar surface area (TPSA) is 29.4 Å². The first kappa shape index (κ1) is 11.9. The summed E-state index contributed by atoms with van der Waals surface area (Å²) in [5.41, 5.74) is 2.76. The molecule has 0 atom stereocenters. The summed E-state index contributed by atoms with van der Waals surface area (Å²) >= 11 is 6.14. The molecule has 0 unspecified atom stereocenters. The van der Waals surface area contributed by atoms with Gasteiger partial charge in [-0.1, -0.05) is 60.1 Å². The van der Waals surface area contributed by atoms with Crippen LogP contribution in [0.1, 0.15) is 15.9 Å². The summed E-state index contributed by atoms with van der Waals surface area (Å²) in [6.45, 7) is 0. The Hall–Kier alpha value is -2.19. The molecule has 3 heteroatoms. The van der Waals surface area contributed by atoms with Gasteiger partial charge < -0.3 is 0 Å². The van der Waals surface area contributed by atoms with E-state index in [4.69, 9.17) is 11.6 Å². The van der Waals surface area contributed by atoms with Crippen LogP contribution in [-0.4, -0.2) is 11.5 Å². The van der Waals surface area contributed by atoms with Crippen molar-refractivity contribution in [2.24, 2.45) is 4.99 Å². The Morgan fingerprint density at radius 3 is 2.26 bits per heavy atom. The van der Waals surface area contributed by atoms with Gasteiger partial charge in [0.1, 0.15) is 5.71 Å². The second-order valence-corrected chi connectivity index (χ2v) is 4.60. The zero-order chi connectivity index (χ0) is 13.2. The Labute approximate surface area is 116 Å². The van der Waals surface area contributed by atoms with E-state index in [1.54, 1.807) is 24.4 Å². The number of carbonyl (C=O) groups is 1. The SMILES string of the molecule is O=C(C1=NC=C1c1ccccc1Cl)c1ccccc1. The normalized spacial score (nSPS) is 13.3. The van der Waals surface area contributed by atoms with Crippen LogP contribution >= 0.6 is 11.6 Å². The second kappa shape index (κ2) is 4.82. The summed E-state index contributed by atoms with van der Waals surface area (Å²) in [5.74, 6) is -0.0713. The fourth-order valence-corrected chi connectivity index (χ4v) is 2.22. The fourth-order valence-electron chi connectivity index (χ4n) is 1.98. The van der Waals surface area contributed by atoms with E-state index in [2.05, 4.69) is 4.99 Å². The van der Waals surface area contributed by atoms with Gasteiger partial charge in [0.2, 0.25) is 5.78 Å². The summed E-state index contributed by atoms with van der Waals surface area (Å²) in [7, 11) is 0. The lowest BCUT2D eigenvalue weighted by atomic mass is 9.93. The Bertz CT molecular complexity index is 702. The molecule has 0 saturated heterocycles. The average Bonchev–Trinajstić information content (AvgIpc) is 2.41. The molecule has 0 fully saturated rings. The van der Waals surface area contributed by atoms with Gasteiger partial charge in [-0.15, -0.1) is 0 Å². The smallest absolute Gasteiger partial charge is 0.212 e. The molecule has 0 spiro atoms. The van der Waals surface area contributed by atoms with Crippen LogP contribution in [0.15, 0.2) is 65.8 Å². The molecule has 0 aliphatic carbocycles. The zero-order valence-electron chi connectivity index (χ0n) is 10.0. The standard InChI is InChI=1S/C16H10ClNO/c17-14-9-5-4-8-12(14)13-10-18-15(13)16(19)11-6-2-1-3-7-11/h1-10H. The summed E-state index contributed by atoms with van der Waals surface area (Å²) in [5, 5.41) is 0.627. The van der Waals surface area contributed by atoms with Crippen LogP contribution < -0.4 is 0 Å². The van der Waals surface area contributed by atoms with Gasteiger partial charge in [0.05, 0.1) is 0 Å². The molecule has 2 aromatic carbocycles. The van der Waals surface area contributed by atoms with E-state index < -0.39 is 0 Å². The van der Waals surface area contributed by atoms with Crippen molar-refractivity contribution in [3.8, 4) is 0 Å². The van der Waals surface area contributed by atoms with E-state index in [9.17, 15) is 4.79 Å². The maximum atomic E-state index is 12.3. The number of benzene rings is 2. The van der Waals surface area contributed by atoms with Crippen LogP contribution in [0.4, 0.5) is 0 Å². The lowest BCUT2D eigenvalue weighted by Crippen LogP contribution is -2.20. The molecule has 92 valence electrons. The van der Waals surface area contributed by atoms with Crippen molar-refractivity contribution in [1.29, 1.82) is 0 Å². The molecule has 1 aliphatic rings. The lowest BCUT2D eigenvalue weighted by molar-refractivity contribution is 0.106. The highest BCUT2D eigenvalue weighted by Crippen LogP contribution is 2.30. The van der Waals surface area contributed by atoms with Crippen LogP contribution in [0.25, 0.3) is 5.57 Å². The van der Waals surface area contributed by atoms with Gasteiger partial charge >= 0.3 is 0 Å². The zero-order valence-corrected chi connectivity index (χ0v) is 10.8. The lowest BCUT2D eigenvalue weighted by Gasteiger charge is -2.16. The van der Waals surface area contributed by atoms with Crippen LogP contribution in [0.2, 0.25) is 5.02 Å².